The molecular formula is C23H27N3O2. The van der Waals surface area contributed by atoms with E-state index in [1.807, 2.05) is 32.0 Å². The Balaban J connectivity index is 1.60. The molecule has 5 nitrogen and oxygen atoms in total. The van der Waals surface area contributed by atoms with Crippen LogP contribution in [0.15, 0.2) is 48.2 Å². The van der Waals surface area contributed by atoms with Crippen LogP contribution >= 0.6 is 0 Å². The van der Waals surface area contributed by atoms with E-state index < -0.39 is 0 Å². The molecule has 0 radical (unpaired) electrons. The molecule has 146 valence electrons. The number of aromatic nitrogens is 1. The summed E-state index contributed by atoms with van der Waals surface area (Å²) in [7, 11) is 0. The lowest BCUT2D eigenvalue weighted by atomic mass is 9.97. The predicted molar refractivity (Wildman–Crippen MR) is 112 cm³/mol. The number of nitrogens with one attached hydrogen (secondary N) is 2. The lowest BCUT2D eigenvalue weighted by Crippen LogP contribution is -2.26. The number of rotatable bonds is 6. The maximum Gasteiger partial charge on any atom is 0.269 e. The second-order valence-electron chi connectivity index (χ2n) is 7.32. The Labute approximate surface area is 166 Å². The molecule has 0 aliphatic heterocycles. The van der Waals surface area contributed by atoms with Crippen molar-refractivity contribution in [1.82, 2.24) is 10.3 Å². The second kappa shape index (κ2) is 9.31. The zero-order valence-electron chi connectivity index (χ0n) is 16.5. The largest absolute Gasteiger partial charge is 0.350 e. The number of hydrogen-bond donors (Lipinski definition) is 2. The van der Waals surface area contributed by atoms with Crippen molar-refractivity contribution in [2.75, 3.05) is 11.9 Å². The molecule has 5 heteroatoms. The number of pyridine rings is 1. The third-order valence-corrected chi connectivity index (χ3v) is 5.00. The van der Waals surface area contributed by atoms with Crippen LogP contribution < -0.4 is 10.6 Å². The number of anilines is 1. The van der Waals surface area contributed by atoms with Crippen molar-refractivity contribution in [2.24, 2.45) is 0 Å². The van der Waals surface area contributed by atoms with Gasteiger partial charge in [0.25, 0.3) is 11.8 Å². The SMILES string of the molecule is Cc1ccc(NC(=O)c2ccnc(C(=O)NCCC3=CCCCC3)c2)c(C)c1. The molecule has 0 atom stereocenters. The summed E-state index contributed by atoms with van der Waals surface area (Å²) >= 11 is 0. The molecule has 1 aliphatic carbocycles. The summed E-state index contributed by atoms with van der Waals surface area (Å²) in [5.41, 5.74) is 4.99. The van der Waals surface area contributed by atoms with Gasteiger partial charge in [-0.2, -0.15) is 0 Å². The first-order valence-electron chi connectivity index (χ1n) is 9.84. The van der Waals surface area contributed by atoms with Crippen LogP contribution in [0.4, 0.5) is 5.69 Å². The van der Waals surface area contributed by atoms with E-state index in [9.17, 15) is 9.59 Å². The molecule has 1 aliphatic rings. The van der Waals surface area contributed by atoms with Crippen LogP contribution in [-0.2, 0) is 0 Å². The van der Waals surface area contributed by atoms with Crippen LogP contribution in [0.25, 0.3) is 0 Å². The predicted octanol–water partition coefficient (Wildman–Crippen LogP) is 4.57. The van der Waals surface area contributed by atoms with E-state index in [0.29, 0.717) is 12.1 Å². The van der Waals surface area contributed by atoms with E-state index in [-0.39, 0.29) is 17.5 Å². The van der Waals surface area contributed by atoms with Gasteiger partial charge in [0.2, 0.25) is 0 Å². The number of carbonyl (C=O) groups is 2. The highest BCUT2D eigenvalue weighted by atomic mass is 16.2. The van der Waals surface area contributed by atoms with Crippen molar-refractivity contribution in [3.05, 3.63) is 70.6 Å². The maximum absolute atomic E-state index is 12.6. The summed E-state index contributed by atoms with van der Waals surface area (Å²) in [6, 6.07) is 9.01. The van der Waals surface area contributed by atoms with Crippen LogP contribution in [0.1, 0.15) is 64.1 Å². The fourth-order valence-corrected chi connectivity index (χ4v) is 3.40. The van der Waals surface area contributed by atoms with E-state index in [2.05, 4.69) is 21.7 Å². The first-order valence-corrected chi connectivity index (χ1v) is 9.84. The van der Waals surface area contributed by atoms with Crippen molar-refractivity contribution in [2.45, 2.75) is 46.0 Å². The Bertz CT molecular complexity index is 902. The molecule has 0 unspecified atom stereocenters. The van der Waals surface area contributed by atoms with Crippen LogP contribution in [0.3, 0.4) is 0 Å². The lowest BCUT2D eigenvalue weighted by Gasteiger charge is -2.13. The van der Waals surface area contributed by atoms with Gasteiger partial charge in [-0.3, -0.25) is 14.6 Å². The zero-order chi connectivity index (χ0) is 19.9. The minimum atomic E-state index is -0.254. The summed E-state index contributed by atoms with van der Waals surface area (Å²) < 4.78 is 0. The molecule has 1 heterocycles. The quantitative estimate of drug-likeness (QED) is 0.724. The standard InChI is InChI=1S/C23H27N3O2/c1-16-8-9-20(17(2)14-16)26-22(27)19-11-13-24-21(15-19)23(28)25-12-10-18-6-4-3-5-7-18/h6,8-9,11,13-15H,3-5,7,10,12H2,1-2H3,(H,25,28)(H,26,27). The van der Waals surface area contributed by atoms with Crippen LogP contribution in [0, 0.1) is 13.8 Å². The molecule has 2 amide bonds. The molecule has 0 bridgehead atoms. The molecular weight excluding hydrogens is 350 g/mol. The summed E-state index contributed by atoms with van der Waals surface area (Å²) in [6.07, 6.45) is 9.42. The average molecular weight is 377 g/mol. The van der Waals surface area contributed by atoms with Crippen LogP contribution in [0.5, 0.6) is 0 Å². The zero-order valence-corrected chi connectivity index (χ0v) is 16.5. The van der Waals surface area contributed by atoms with Gasteiger partial charge in [0.15, 0.2) is 0 Å². The number of hydrogen-bond acceptors (Lipinski definition) is 3. The lowest BCUT2D eigenvalue weighted by molar-refractivity contribution is 0.0949. The third-order valence-electron chi connectivity index (χ3n) is 5.00. The smallest absolute Gasteiger partial charge is 0.269 e. The number of benzene rings is 1. The van der Waals surface area contributed by atoms with Crippen LogP contribution in [0.2, 0.25) is 0 Å². The van der Waals surface area contributed by atoms with Gasteiger partial charge in [0, 0.05) is 24.0 Å². The molecule has 0 saturated carbocycles. The highest BCUT2D eigenvalue weighted by molar-refractivity contribution is 6.06. The number of nitrogens with zero attached hydrogens (tertiary/aromatic N) is 1. The highest BCUT2D eigenvalue weighted by Crippen LogP contribution is 2.19. The Morgan fingerprint density at radius 1 is 1.07 bits per heavy atom. The van der Waals surface area contributed by atoms with E-state index in [1.54, 1.807) is 6.07 Å². The molecule has 3 rings (SSSR count). The van der Waals surface area contributed by atoms with Gasteiger partial charge < -0.3 is 10.6 Å². The van der Waals surface area contributed by atoms with Crippen molar-refractivity contribution >= 4 is 17.5 Å². The average Bonchev–Trinajstić information content (AvgIpc) is 2.71. The first-order chi connectivity index (χ1) is 13.5. The highest BCUT2D eigenvalue weighted by Gasteiger charge is 2.13. The molecule has 1 aromatic heterocycles. The van der Waals surface area contributed by atoms with E-state index in [0.717, 1.165) is 36.1 Å². The molecule has 2 N–H and O–H groups in total. The van der Waals surface area contributed by atoms with E-state index >= 15 is 0 Å². The number of aryl methyl sites for hydroxylation is 2. The number of amides is 2. The molecule has 0 saturated heterocycles. The monoisotopic (exact) mass is 377 g/mol. The Hall–Kier alpha value is -2.95. The van der Waals surface area contributed by atoms with Crippen molar-refractivity contribution in [3.8, 4) is 0 Å². The summed E-state index contributed by atoms with van der Waals surface area (Å²) in [5.74, 6) is -0.506. The molecule has 0 fully saturated rings. The van der Waals surface area contributed by atoms with Gasteiger partial charge >= 0.3 is 0 Å². The van der Waals surface area contributed by atoms with Gasteiger partial charge in [-0.15, -0.1) is 0 Å². The topological polar surface area (TPSA) is 71.1 Å². The van der Waals surface area contributed by atoms with Gasteiger partial charge in [-0.25, -0.2) is 0 Å². The molecule has 1 aromatic carbocycles. The van der Waals surface area contributed by atoms with Crippen molar-refractivity contribution in [1.29, 1.82) is 0 Å². The van der Waals surface area contributed by atoms with E-state index in [4.69, 9.17) is 0 Å². The minimum absolute atomic E-state index is 0.252. The maximum atomic E-state index is 12.6. The van der Waals surface area contributed by atoms with Crippen molar-refractivity contribution in [3.63, 3.8) is 0 Å². The molecule has 2 aromatic rings. The summed E-state index contributed by atoms with van der Waals surface area (Å²) in [6.45, 7) is 4.55. The van der Waals surface area contributed by atoms with Crippen molar-refractivity contribution < 1.29 is 9.59 Å². The van der Waals surface area contributed by atoms with Gasteiger partial charge in [-0.1, -0.05) is 29.3 Å². The first kappa shape index (κ1) is 19.8. The Morgan fingerprint density at radius 3 is 2.68 bits per heavy atom. The van der Waals surface area contributed by atoms with Gasteiger partial charge in [0.1, 0.15) is 5.69 Å². The van der Waals surface area contributed by atoms with E-state index in [1.165, 1.54) is 30.7 Å². The van der Waals surface area contributed by atoms with Crippen LogP contribution in [-0.4, -0.2) is 23.3 Å². The second-order valence-corrected chi connectivity index (χ2v) is 7.32. The van der Waals surface area contributed by atoms with Gasteiger partial charge in [-0.05, 0) is 69.7 Å². The Kier molecular flexibility index (Phi) is 6.58. The normalized spacial score (nSPS) is 13.6. The summed E-state index contributed by atoms with van der Waals surface area (Å²) in [5, 5.41) is 5.80. The summed E-state index contributed by atoms with van der Waals surface area (Å²) in [4.78, 5) is 29.1. The molecule has 28 heavy (non-hydrogen) atoms. The Morgan fingerprint density at radius 2 is 1.93 bits per heavy atom. The number of carbonyl (C=O) groups excluding carboxylic acids is 2. The fourth-order valence-electron chi connectivity index (χ4n) is 3.40. The minimum Gasteiger partial charge on any atom is -0.350 e. The van der Waals surface area contributed by atoms with Gasteiger partial charge in [0.05, 0.1) is 0 Å². The molecule has 0 spiro atoms. The number of allylic oxidation sites excluding steroid dienone is 1. The third kappa shape index (κ3) is 5.28. The fraction of sp³-hybridized carbons (Fsp3) is 0.348.